The van der Waals surface area contributed by atoms with Gasteiger partial charge in [0.25, 0.3) is 0 Å². The summed E-state index contributed by atoms with van der Waals surface area (Å²) in [5.74, 6) is 0. The third-order valence-corrected chi connectivity index (χ3v) is 4.05. The van der Waals surface area contributed by atoms with E-state index in [0.717, 1.165) is 13.1 Å². The molecule has 15 heavy (non-hydrogen) atoms. The number of nitrogens with zero attached hydrogens (tertiary/aromatic N) is 1. The fourth-order valence-electron chi connectivity index (χ4n) is 2.90. The number of fused-ring (bicyclic) bond motifs is 3. The molecule has 2 aliphatic rings. The number of piperazine rings is 1. The first-order valence-electron chi connectivity index (χ1n) is 5.84. The van der Waals surface area contributed by atoms with Crippen LogP contribution < -0.4 is 5.32 Å². The molecule has 1 aromatic rings. The fraction of sp³-hybridized carbons (Fsp3) is 0.538. The Morgan fingerprint density at radius 2 is 2.07 bits per heavy atom. The van der Waals surface area contributed by atoms with Crippen LogP contribution in [0.15, 0.2) is 24.3 Å². The first-order chi connectivity index (χ1) is 7.27. The van der Waals surface area contributed by atoms with Gasteiger partial charge in [-0.2, -0.15) is 0 Å². The van der Waals surface area contributed by atoms with E-state index in [2.05, 4.69) is 48.3 Å². The molecule has 1 N–H and O–H groups in total. The molecule has 2 nitrogen and oxygen atoms in total. The van der Waals surface area contributed by atoms with Gasteiger partial charge in [0, 0.05) is 31.2 Å². The maximum atomic E-state index is 3.60. The van der Waals surface area contributed by atoms with Gasteiger partial charge in [-0.25, -0.2) is 0 Å². The molecule has 0 spiro atoms. The van der Waals surface area contributed by atoms with Crippen molar-refractivity contribution in [3.8, 4) is 0 Å². The van der Waals surface area contributed by atoms with Gasteiger partial charge in [0.05, 0.1) is 0 Å². The zero-order valence-corrected chi connectivity index (χ0v) is 9.40. The quantitative estimate of drug-likeness (QED) is 0.691. The van der Waals surface area contributed by atoms with Gasteiger partial charge in [-0.3, -0.25) is 4.90 Å². The van der Waals surface area contributed by atoms with E-state index >= 15 is 0 Å². The Bertz CT molecular complexity index is 375. The Morgan fingerprint density at radius 3 is 2.93 bits per heavy atom. The van der Waals surface area contributed by atoms with E-state index in [9.17, 15) is 0 Å². The number of rotatable bonds is 0. The van der Waals surface area contributed by atoms with Crippen molar-refractivity contribution in [3.63, 3.8) is 0 Å². The molecule has 1 aromatic carbocycles. The second kappa shape index (κ2) is 3.32. The first kappa shape index (κ1) is 9.37. The van der Waals surface area contributed by atoms with E-state index in [0.29, 0.717) is 18.1 Å². The van der Waals surface area contributed by atoms with Crippen molar-refractivity contribution >= 4 is 0 Å². The Labute approximate surface area is 91.3 Å². The Morgan fingerprint density at radius 1 is 1.27 bits per heavy atom. The molecule has 2 heterocycles. The van der Waals surface area contributed by atoms with Gasteiger partial charge in [0.15, 0.2) is 0 Å². The molecule has 80 valence electrons. The van der Waals surface area contributed by atoms with Crippen LogP contribution in [0.1, 0.15) is 31.0 Å². The molecular formula is C13H18N2. The molecule has 1 saturated heterocycles. The average Bonchev–Trinajstić information content (AvgIpc) is 2.63. The summed E-state index contributed by atoms with van der Waals surface area (Å²) in [6.07, 6.45) is 0. The minimum atomic E-state index is 0.604. The van der Waals surface area contributed by atoms with Crippen LogP contribution in [0.25, 0.3) is 0 Å². The maximum absolute atomic E-state index is 3.60. The van der Waals surface area contributed by atoms with Crippen LogP contribution >= 0.6 is 0 Å². The van der Waals surface area contributed by atoms with E-state index in [4.69, 9.17) is 0 Å². The lowest BCUT2D eigenvalue weighted by molar-refractivity contribution is 0.0880. The minimum absolute atomic E-state index is 0.604. The lowest BCUT2D eigenvalue weighted by Gasteiger charge is -2.40. The monoisotopic (exact) mass is 202 g/mol. The normalized spacial score (nSPS) is 34.9. The fourth-order valence-corrected chi connectivity index (χ4v) is 2.90. The van der Waals surface area contributed by atoms with Gasteiger partial charge in [-0.1, -0.05) is 24.3 Å². The summed E-state index contributed by atoms with van der Waals surface area (Å²) in [6.45, 7) is 6.84. The third kappa shape index (κ3) is 1.32. The Kier molecular flexibility index (Phi) is 2.08. The molecule has 0 bridgehead atoms. The maximum Gasteiger partial charge on any atom is 0.0483 e. The average molecular weight is 202 g/mol. The molecule has 0 radical (unpaired) electrons. The van der Waals surface area contributed by atoms with Crippen LogP contribution in [0.2, 0.25) is 0 Å². The Hall–Kier alpha value is -0.860. The first-order valence-corrected chi connectivity index (χ1v) is 5.84. The van der Waals surface area contributed by atoms with Gasteiger partial charge >= 0.3 is 0 Å². The van der Waals surface area contributed by atoms with E-state index in [1.54, 1.807) is 0 Å². The third-order valence-electron chi connectivity index (χ3n) is 4.05. The predicted octanol–water partition coefficient (Wildman–Crippen LogP) is 1.92. The highest BCUT2D eigenvalue weighted by Crippen LogP contribution is 2.37. The van der Waals surface area contributed by atoms with Gasteiger partial charge in [-0.05, 0) is 25.0 Å². The Balaban J connectivity index is 1.97. The van der Waals surface area contributed by atoms with Crippen LogP contribution in [0.3, 0.4) is 0 Å². The summed E-state index contributed by atoms with van der Waals surface area (Å²) in [4.78, 5) is 2.63. The van der Waals surface area contributed by atoms with Gasteiger partial charge < -0.3 is 5.32 Å². The SMILES string of the molecule is CC1NCC2c3ccccc3CN2C1C. The van der Waals surface area contributed by atoms with Crippen molar-refractivity contribution < 1.29 is 0 Å². The van der Waals surface area contributed by atoms with Gasteiger partial charge in [0.1, 0.15) is 0 Å². The van der Waals surface area contributed by atoms with Crippen LogP contribution in [0.5, 0.6) is 0 Å². The highest BCUT2D eigenvalue weighted by atomic mass is 15.3. The molecule has 3 rings (SSSR count). The topological polar surface area (TPSA) is 15.3 Å². The highest BCUT2D eigenvalue weighted by molar-refractivity contribution is 5.35. The lowest BCUT2D eigenvalue weighted by Crippen LogP contribution is -2.54. The lowest BCUT2D eigenvalue weighted by atomic mass is 10.0. The molecule has 0 saturated carbocycles. The summed E-state index contributed by atoms with van der Waals surface area (Å²) >= 11 is 0. The molecule has 0 aromatic heterocycles. The van der Waals surface area contributed by atoms with Gasteiger partial charge in [-0.15, -0.1) is 0 Å². The summed E-state index contributed by atoms with van der Waals surface area (Å²) in [7, 11) is 0. The number of nitrogens with one attached hydrogen (secondary N) is 1. The molecule has 0 aliphatic carbocycles. The van der Waals surface area contributed by atoms with E-state index in [-0.39, 0.29) is 0 Å². The zero-order chi connectivity index (χ0) is 10.4. The molecule has 0 amide bonds. The van der Waals surface area contributed by atoms with E-state index in [1.807, 2.05) is 0 Å². The summed E-state index contributed by atoms with van der Waals surface area (Å²) < 4.78 is 0. The summed E-state index contributed by atoms with van der Waals surface area (Å²) in [5.41, 5.74) is 3.05. The predicted molar refractivity (Wildman–Crippen MR) is 61.7 cm³/mol. The highest BCUT2D eigenvalue weighted by Gasteiger charge is 2.37. The number of hydrogen-bond donors (Lipinski definition) is 1. The van der Waals surface area contributed by atoms with Crippen LogP contribution in [-0.4, -0.2) is 23.5 Å². The second-order valence-electron chi connectivity index (χ2n) is 4.82. The van der Waals surface area contributed by atoms with Crippen molar-refractivity contribution in [2.45, 2.75) is 38.5 Å². The van der Waals surface area contributed by atoms with Crippen molar-refractivity contribution in [2.75, 3.05) is 6.54 Å². The zero-order valence-electron chi connectivity index (χ0n) is 9.40. The molecule has 3 unspecified atom stereocenters. The largest absolute Gasteiger partial charge is 0.311 e. The minimum Gasteiger partial charge on any atom is -0.311 e. The smallest absolute Gasteiger partial charge is 0.0483 e. The van der Waals surface area contributed by atoms with Crippen molar-refractivity contribution in [1.29, 1.82) is 0 Å². The van der Waals surface area contributed by atoms with Crippen LogP contribution in [-0.2, 0) is 6.54 Å². The van der Waals surface area contributed by atoms with Crippen LogP contribution in [0.4, 0.5) is 0 Å². The standard InChI is InChI=1S/C13H18N2/c1-9-10(2)15-8-11-5-3-4-6-12(11)13(15)7-14-9/h3-6,9-10,13-14H,7-8H2,1-2H3. The van der Waals surface area contributed by atoms with Crippen molar-refractivity contribution in [1.82, 2.24) is 10.2 Å². The molecule has 1 fully saturated rings. The molecule has 2 aliphatic heterocycles. The van der Waals surface area contributed by atoms with Crippen LogP contribution in [0, 0.1) is 0 Å². The molecule has 2 heteroatoms. The van der Waals surface area contributed by atoms with E-state index in [1.165, 1.54) is 11.1 Å². The molecular weight excluding hydrogens is 184 g/mol. The number of benzene rings is 1. The van der Waals surface area contributed by atoms with Crippen molar-refractivity contribution in [2.24, 2.45) is 0 Å². The summed E-state index contributed by atoms with van der Waals surface area (Å²) in [6, 6.07) is 10.7. The van der Waals surface area contributed by atoms with Gasteiger partial charge in [0.2, 0.25) is 0 Å². The van der Waals surface area contributed by atoms with Crippen molar-refractivity contribution in [3.05, 3.63) is 35.4 Å². The second-order valence-corrected chi connectivity index (χ2v) is 4.82. The van der Waals surface area contributed by atoms with E-state index < -0.39 is 0 Å². The molecule has 3 atom stereocenters. The number of hydrogen-bond acceptors (Lipinski definition) is 2. The summed E-state index contributed by atoms with van der Waals surface area (Å²) in [5, 5.41) is 3.60.